The number of allylic oxidation sites excluding steroid dienone is 1. The molecule has 0 saturated heterocycles. The summed E-state index contributed by atoms with van der Waals surface area (Å²) < 4.78 is 4.82. The Balaban J connectivity index is 2.77. The lowest BCUT2D eigenvalue weighted by molar-refractivity contribution is -0.135. The van der Waals surface area contributed by atoms with Crippen molar-refractivity contribution in [3.8, 4) is 0 Å². The highest BCUT2D eigenvalue weighted by Gasteiger charge is 2.27. The van der Waals surface area contributed by atoms with Crippen LogP contribution in [0.1, 0.15) is 20.8 Å². The zero-order valence-corrected chi connectivity index (χ0v) is 8.13. The molecule has 1 aliphatic heterocycles. The second-order valence-electron chi connectivity index (χ2n) is 2.96. The third-order valence-electron chi connectivity index (χ3n) is 2.10. The number of ether oxygens (including phenoxy) is 1. The molecule has 0 fully saturated rings. The fourth-order valence-electron chi connectivity index (χ4n) is 1.15. The average molecular weight is 182 g/mol. The maximum absolute atomic E-state index is 11.3. The Bertz CT molecular complexity index is 292. The van der Waals surface area contributed by atoms with Crippen LogP contribution in [0.2, 0.25) is 0 Å². The van der Waals surface area contributed by atoms with Gasteiger partial charge in [-0.2, -0.15) is 0 Å². The summed E-state index contributed by atoms with van der Waals surface area (Å²) in [5.74, 6) is -0.411. The SMILES string of the molecule is CCOC(=O)C1=NC(C)=C(C)[C@H]1N. The van der Waals surface area contributed by atoms with Crippen molar-refractivity contribution < 1.29 is 9.53 Å². The van der Waals surface area contributed by atoms with E-state index in [1.54, 1.807) is 6.92 Å². The van der Waals surface area contributed by atoms with Gasteiger partial charge in [0.1, 0.15) is 5.71 Å². The number of hydrogen-bond acceptors (Lipinski definition) is 4. The number of aliphatic imine (C=N–C) groups is 1. The lowest BCUT2D eigenvalue weighted by Crippen LogP contribution is -2.35. The van der Waals surface area contributed by atoms with Crippen molar-refractivity contribution in [2.75, 3.05) is 6.61 Å². The molecule has 2 N–H and O–H groups in total. The molecule has 0 amide bonds. The summed E-state index contributed by atoms with van der Waals surface area (Å²) in [6.07, 6.45) is 0. The van der Waals surface area contributed by atoms with E-state index in [4.69, 9.17) is 10.5 Å². The van der Waals surface area contributed by atoms with Crippen LogP contribution in [0.25, 0.3) is 0 Å². The Hall–Kier alpha value is -1.16. The molecule has 13 heavy (non-hydrogen) atoms. The first-order valence-electron chi connectivity index (χ1n) is 4.26. The zero-order chi connectivity index (χ0) is 10.0. The minimum atomic E-state index is -0.411. The fourth-order valence-corrected chi connectivity index (χ4v) is 1.15. The van der Waals surface area contributed by atoms with Crippen LogP contribution in [0, 0.1) is 0 Å². The predicted octanol–water partition coefficient (Wildman–Crippen LogP) is 0.625. The molecule has 1 aliphatic rings. The van der Waals surface area contributed by atoms with Gasteiger partial charge in [-0.15, -0.1) is 0 Å². The molecule has 4 nitrogen and oxygen atoms in total. The average Bonchev–Trinajstić information content (AvgIpc) is 2.33. The monoisotopic (exact) mass is 182 g/mol. The number of hydrogen-bond donors (Lipinski definition) is 1. The molecule has 72 valence electrons. The number of esters is 1. The maximum Gasteiger partial charge on any atom is 0.354 e. The van der Waals surface area contributed by atoms with Crippen LogP contribution in [-0.2, 0) is 9.53 Å². The summed E-state index contributed by atoms with van der Waals surface area (Å²) >= 11 is 0. The van der Waals surface area contributed by atoms with Gasteiger partial charge in [-0.1, -0.05) is 0 Å². The Morgan fingerprint density at radius 2 is 2.23 bits per heavy atom. The molecule has 0 bridgehead atoms. The van der Waals surface area contributed by atoms with Crippen molar-refractivity contribution in [3.05, 3.63) is 11.3 Å². The smallest absolute Gasteiger partial charge is 0.354 e. The van der Waals surface area contributed by atoms with Crippen LogP contribution in [0.4, 0.5) is 0 Å². The van der Waals surface area contributed by atoms with Gasteiger partial charge in [0.2, 0.25) is 0 Å². The van der Waals surface area contributed by atoms with Crippen LogP contribution < -0.4 is 5.73 Å². The lowest BCUT2D eigenvalue weighted by Gasteiger charge is -2.07. The Morgan fingerprint density at radius 3 is 2.62 bits per heavy atom. The predicted molar refractivity (Wildman–Crippen MR) is 50.4 cm³/mol. The summed E-state index contributed by atoms with van der Waals surface area (Å²) in [7, 11) is 0. The number of nitrogens with zero attached hydrogens (tertiary/aromatic N) is 1. The van der Waals surface area contributed by atoms with Gasteiger partial charge in [-0.25, -0.2) is 9.79 Å². The second-order valence-corrected chi connectivity index (χ2v) is 2.96. The first-order valence-corrected chi connectivity index (χ1v) is 4.26. The van der Waals surface area contributed by atoms with E-state index in [1.165, 1.54) is 0 Å². The first kappa shape index (κ1) is 9.92. The molecule has 1 rings (SSSR count). The van der Waals surface area contributed by atoms with E-state index in [2.05, 4.69) is 4.99 Å². The highest BCUT2D eigenvalue weighted by molar-refractivity contribution is 6.40. The standard InChI is InChI=1S/C9H14N2O2/c1-4-13-9(12)8-7(10)5(2)6(3)11-8/h7H,4,10H2,1-3H3/t7-/m1/s1. The lowest BCUT2D eigenvalue weighted by atomic mass is 10.1. The van der Waals surface area contributed by atoms with Crippen LogP contribution in [-0.4, -0.2) is 24.3 Å². The van der Waals surface area contributed by atoms with Crippen LogP contribution in [0.5, 0.6) is 0 Å². The van der Waals surface area contributed by atoms with Crippen molar-refractivity contribution in [1.29, 1.82) is 0 Å². The quantitative estimate of drug-likeness (QED) is 0.637. The van der Waals surface area contributed by atoms with Gasteiger partial charge in [-0.05, 0) is 26.3 Å². The van der Waals surface area contributed by atoms with E-state index in [0.717, 1.165) is 11.3 Å². The number of nitrogens with two attached hydrogens (primary N) is 1. The van der Waals surface area contributed by atoms with Gasteiger partial charge in [0.05, 0.1) is 12.6 Å². The third-order valence-corrected chi connectivity index (χ3v) is 2.10. The maximum atomic E-state index is 11.3. The molecule has 0 aliphatic carbocycles. The van der Waals surface area contributed by atoms with Crippen molar-refractivity contribution in [2.24, 2.45) is 10.7 Å². The summed E-state index contributed by atoms with van der Waals surface area (Å²) in [6, 6.07) is -0.390. The van der Waals surface area contributed by atoms with E-state index in [0.29, 0.717) is 12.3 Å². The van der Waals surface area contributed by atoms with E-state index in [1.807, 2.05) is 13.8 Å². The van der Waals surface area contributed by atoms with Crippen molar-refractivity contribution in [1.82, 2.24) is 0 Å². The van der Waals surface area contributed by atoms with Gasteiger partial charge in [0, 0.05) is 5.70 Å². The van der Waals surface area contributed by atoms with Crippen LogP contribution in [0.15, 0.2) is 16.3 Å². The van der Waals surface area contributed by atoms with Crippen molar-refractivity contribution in [2.45, 2.75) is 26.8 Å². The molecule has 0 aromatic carbocycles. The number of rotatable bonds is 2. The molecule has 1 atom stereocenters. The fraction of sp³-hybridized carbons (Fsp3) is 0.556. The van der Waals surface area contributed by atoms with Gasteiger partial charge in [-0.3, -0.25) is 0 Å². The minimum Gasteiger partial charge on any atom is -0.461 e. The summed E-state index contributed by atoms with van der Waals surface area (Å²) in [6.45, 7) is 5.81. The topological polar surface area (TPSA) is 64.7 Å². The summed E-state index contributed by atoms with van der Waals surface area (Å²) in [5.41, 5.74) is 7.82. The molecule has 0 unspecified atom stereocenters. The normalized spacial score (nSPS) is 21.8. The number of carbonyl (C=O) groups is 1. The van der Waals surface area contributed by atoms with E-state index in [-0.39, 0.29) is 6.04 Å². The number of carbonyl (C=O) groups excluding carboxylic acids is 1. The molecule has 0 aromatic heterocycles. The van der Waals surface area contributed by atoms with Gasteiger partial charge >= 0.3 is 5.97 Å². The molecule has 0 radical (unpaired) electrons. The summed E-state index contributed by atoms with van der Waals surface area (Å²) in [5, 5.41) is 0. The Kier molecular flexibility index (Phi) is 2.83. The molecule has 0 aromatic rings. The van der Waals surface area contributed by atoms with Crippen molar-refractivity contribution >= 4 is 11.7 Å². The Morgan fingerprint density at radius 1 is 1.62 bits per heavy atom. The molecule has 0 saturated carbocycles. The molecular formula is C9H14N2O2. The molecule has 4 heteroatoms. The van der Waals surface area contributed by atoms with E-state index < -0.39 is 5.97 Å². The summed E-state index contributed by atoms with van der Waals surface area (Å²) in [4.78, 5) is 15.4. The highest BCUT2D eigenvalue weighted by atomic mass is 16.5. The molecular weight excluding hydrogens is 168 g/mol. The highest BCUT2D eigenvalue weighted by Crippen LogP contribution is 2.18. The van der Waals surface area contributed by atoms with Crippen molar-refractivity contribution in [3.63, 3.8) is 0 Å². The Labute approximate surface area is 77.5 Å². The minimum absolute atomic E-state index is 0.317. The zero-order valence-electron chi connectivity index (χ0n) is 8.13. The largest absolute Gasteiger partial charge is 0.461 e. The first-order chi connectivity index (χ1) is 6.07. The molecule has 1 heterocycles. The van der Waals surface area contributed by atoms with E-state index in [9.17, 15) is 4.79 Å². The second kappa shape index (κ2) is 3.70. The van der Waals surface area contributed by atoms with E-state index >= 15 is 0 Å². The van der Waals surface area contributed by atoms with Gasteiger partial charge in [0.25, 0.3) is 0 Å². The van der Waals surface area contributed by atoms with Crippen LogP contribution in [0.3, 0.4) is 0 Å². The van der Waals surface area contributed by atoms with Gasteiger partial charge in [0.15, 0.2) is 0 Å². The van der Waals surface area contributed by atoms with Gasteiger partial charge < -0.3 is 10.5 Å². The third kappa shape index (κ3) is 1.78. The molecule has 0 spiro atoms. The van der Waals surface area contributed by atoms with Crippen LogP contribution >= 0.6 is 0 Å².